The van der Waals surface area contributed by atoms with Gasteiger partial charge in [0.15, 0.2) is 0 Å². The van der Waals surface area contributed by atoms with Gasteiger partial charge in [0.2, 0.25) is 0 Å². The number of furan rings is 1. The van der Waals surface area contributed by atoms with Crippen LogP contribution in [-0.4, -0.2) is 46.7 Å². The molecule has 138 valence electrons. The minimum absolute atomic E-state index is 0.131. The van der Waals surface area contributed by atoms with Gasteiger partial charge in [0.1, 0.15) is 18.1 Å². The van der Waals surface area contributed by atoms with Gasteiger partial charge in [-0.25, -0.2) is 4.79 Å². The minimum Gasteiger partial charge on any atom is -0.478 e. The van der Waals surface area contributed by atoms with E-state index in [1.165, 1.54) is 25.3 Å². The monoisotopic (exact) mass is 387 g/mol. The van der Waals surface area contributed by atoms with Gasteiger partial charge in [0.05, 0.1) is 17.6 Å². The number of carboxylic acid groups (broad SMARTS) is 1. The first-order chi connectivity index (χ1) is 12.9. The molecule has 0 aliphatic carbocycles. The summed E-state index contributed by atoms with van der Waals surface area (Å²) < 4.78 is 10.1. The molecule has 1 aromatic heterocycles. The van der Waals surface area contributed by atoms with Crippen LogP contribution < -0.4 is 0 Å². The lowest BCUT2D eigenvalue weighted by Gasteiger charge is -2.09. The summed E-state index contributed by atoms with van der Waals surface area (Å²) in [5.41, 5.74) is 0.822. The number of amides is 2. The number of carbonyl (C=O) groups excluding carboxylic acids is 3. The highest BCUT2D eigenvalue weighted by molar-refractivity contribution is 8.18. The molecule has 2 aromatic rings. The van der Waals surface area contributed by atoms with Crippen LogP contribution in [0.5, 0.6) is 0 Å². The molecule has 2 heterocycles. The standard InChI is InChI=1S/C18H13NO7S/c1-25-15(20)9-19-16(21)14(27-18(19)24)8-12-6-7-13(26-12)10-2-4-11(5-3-10)17(22)23/h2-8H,9H2,1H3,(H,22,23)/b14-8+. The molecule has 1 N–H and O–H groups in total. The number of nitrogens with zero attached hydrogens (tertiary/aromatic N) is 1. The van der Waals surface area contributed by atoms with Gasteiger partial charge in [-0.05, 0) is 36.0 Å². The number of hydrogen-bond donors (Lipinski definition) is 1. The average molecular weight is 387 g/mol. The van der Waals surface area contributed by atoms with Gasteiger partial charge < -0.3 is 14.3 Å². The maximum absolute atomic E-state index is 12.3. The molecule has 1 saturated heterocycles. The van der Waals surface area contributed by atoms with E-state index in [-0.39, 0.29) is 10.5 Å². The predicted octanol–water partition coefficient (Wildman–Crippen LogP) is 2.85. The van der Waals surface area contributed by atoms with Crippen LogP contribution in [0.25, 0.3) is 17.4 Å². The van der Waals surface area contributed by atoms with Gasteiger partial charge in [-0.2, -0.15) is 0 Å². The molecule has 0 bridgehead atoms. The molecule has 9 heteroatoms. The third-order valence-corrected chi connectivity index (χ3v) is 4.61. The fourth-order valence-electron chi connectivity index (χ4n) is 2.32. The number of esters is 1. The van der Waals surface area contributed by atoms with Gasteiger partial charge in [-0.1, -0.05) is 12.1 Å². The quantitative estimate of drug-likeness (QED) is 0.615. The number of carboxylic acids is 1. The summed E-state index contributed by atoms with van der Waals surface area (Å²) in [6.07, 6.45) is 1.41. The zero-order chi connectivity index (χ0) is 19.6. The molecule has 1 aliphatic rings. The molecular weight excluding hydrogens is 374 g/mol. The Hall–Kier alpha value is -3.33. The molecule has 8 nitrogen and oxygen atoms in total. The lowest BCUT2D eigenvalue weighted by Crippen LogP contribution is -2.34. The molecule has 1 aromatic carbocycles. The Morgan fingerprint density at radius 3 is 2.52 bits per heavy atom. The molecule has 0 saturated carbocycles. The van der Waals surface area contributed by atoms with Crippen LogP contribution in [0, 0.1) is 0 Å². The van der Waals surface area contributed by atoms with Gasteiger partial charge in [0.25, 0.3) is 11.1 Å². The van der Waals surface area contributed by atoms with Crippen LogP contribution in [0.4, 0.5) is 4.79 Å². The normalized spacial score (nSPS) is 15.4. The zero-order valence-corrected chi connectivity index (χ0v) is 14.8. The molecule has 3 rings (SSSR count). The first kappa shape index (κ1) is 18.5. The Kier molecular flexibility index (Phi) is 5.13. The van der Waals surface area contributed by atoms with E-state index in [1.54, 1.807) is 24.3 Å². The SMILES string of the molecule is COC(=O)CN1C(=O)S/C(=C/c2ccc(-c3ccc(C(=O)O)cc3)o2)C1=O. The largest absolute Gasteiger partial charge is 0.478 e. The summed E-state index contributed by atoms with van der Waals surface area (Å²) in [6.45, 7) is -0.447. The van der Waals surface area contributed by atoms with E-state index >= 15 is 0 Å². The molecule has 27 heavy (non-hydrogen) atoms. The molecule has 1 aliphatic heterocycles. The van der Waals surface area contributed by atoms with E-state index in [4.69, 9.17) is 9.52 Å². The third kappa shape index (κ3) is 3.93. The molecule has 0 unspecified atom stereocenters. The molecule has 0 spiro atoms. The average Bonchev–Trinajstić information content (AvgIpc) is 3.22. The van der Waals surface area contributed by atoms with Crippen LogP contribution in [0.3, 0.4) is 0 Å². The highest BCUT2D eigenvalue weighted by Crippen LogP contribution is 2.33. The number of methoxy groups -OCH3 is 1. The van der Waals surface area contributed by atoms with E-state index in [9.17, 15) is 19.2 Å². The van der Waals surface area contributed by atoms with Crippen molar-refractivity contribution in [1.82, 2.24) is 4.90 Å². The maximum atomic E-state index is 12.3. The van der Waals surface area contributed by atoms with Crippen LogP contribution in [-0.2, 0) is 14.3 Å². The van der Waals surface area contributed by atoms with Crippen molar-refractivity contribution in [3.05, 3.63) is 52.6 Å². The Balaban J connectivity index is 1.78. The second kappa shape index (κ2) is 7.50. The van der Waals surface area contributed by atoms with Crippen LogP contribution >= 0.6 is 11.8 Å². The van der Waals surface area contributed by atoms with Crippen LogP contribution in [0.2, 0.25) is 0 Å². The Morgan fingerprint density at radius 2 is 1.89 bits per heavy atom. The molecule has 0 radical (unpaired) electrons. The van der Waals surface area contributed by atoms with E-state index in [2.05, 4.69) is 4.74 Å². The van der Waals surface area contributed by atoms with Gasteiger partial charge in [-0.15, -0.1) is 0 Å². The molecule has 0 atom stereocenters. The number of benzene rings is 1. The highest BCUT2D eigenvalue weighted by atomic mass is 32.2. The predicted molar refractivity (Wildman–Crippen MR) is 95.8 cm³/mol. The van der Waals surface area contributed by atoms with Crippen LogP contribution in [0.1, 0.15) is 16.1 Å². The number of rotatable bonds is 5. The molecular formula is C18H13NO7S. The summed E-state index contributed by atoms with van der Waals surface area (Å²) in [7, 11) is 1.17. The lowest BCUT2D eigenvalue weighted by molar-refractivity contribution is -0.143. The first-order valence-corrected chi connectivity index (χ1v) is 8.46. The van der Waals surface area contributed by atoms with E-state index in [1.807, 2.05) is 0 Å². The number of ether oxygens (including phenoxy) is 1. The van der Waals surface area contributed by atoms with Crippen molar-refractivity contribution in [2.24, 2.45) is 0 Å². The second-order valence-corrected chi connectivity index (χ2v) is 6.42. The fraction of sp³-hybridized carbons (Fsp3) is 0.111. The number of hydrogen-bond acceptors (Lipinski definition) is 7. The van der Waals surface area contributed by atoms with Crippen molar-refractivity contribution in [3.63, 3.8) is 0 Å². The van der Waals surface area contributed by atoms with Crippen LogP contribution in [0.15, 0.2) is 45.7 Å². The lowest BCUT2D eigenvalue weighted by atomic mass is 10.1. The summed E-state index contributed by atoms with van der Waals surface area (Å²) in [5, 5.41) is 8.36. The summed E-state index contributed by atoms with van der Waals surface area (Å²) in [4.78, 5) is 47.3. The van der Waals surface area contributed by atoms with Crippen molar-refractivity contribution in [2.45, 2.75) is 0 Å². The summed E-state index contributed by atoms with van der Waals surface area (Å²) in [6, 6.07) is 9.41. The smallest absolute Gasteiger partial charge is 0.335 e. The molecule has 2 amide bonds. The van der Waals surface area contributed by atoms with Crippen molar-refractivity contribution in [1.29, 1.82) is 0 Å². The van der Waals surface area contributed by atoms with E-state index < -0.39 is 29.6 Å². The number of thioether (sulfide) groups is 1. The van der Waals surface area contributed by atoms with E-state index in [0.717, 1.165) is 4.90 Å². The number of carbonyl (C=O) groups is 4. The Bertz CT molecular complexity index is 958. The van der Waals surface area contributed by atoms with Crippen molar-refractivity contribution >= 4 is 40.9 Å². The first-order valence-electron chi connectivity index (χ1n) is 7.65. The zero-order valence-electron chi connectivity index (χ0n) is 14.0. The van der Waals surface area contributed by atoms with Gasteiger partial charge in [-0.3, -0.25) is 19.3 Å². The second-order valence-electron chi connectivity index (χ2n) is 5.43. The Labute approximate surface area is 157 Å². The minimum atomic E-state index is -1.02. The Morgan fingerprint density at radius 1 is 1.19 bits per heavy atom. The molecule has 1 fully saturated rings. The van der Waals surface area contributed by atoms with Gasteiger partial charge >= 0.3 is 11.9 Å². The maximum Gasteiger partial charge on any atom is 0.335 e. The topological polar surface area (TPSA) is 114 Å². The summed E-state index contributed by atoms with van der Waals surface area (Å²) in [5.74, 6) is -1.49. The van der Waals surface area contributed by atoms with E-state index in [0.29, 0.717) is 28.8 Å². The van der Waals surface area contributed by atoms with Gasteiger partial charge in [0, 0.05) is 11.6 Å². The highest BCUT2D eigenvalue weighted by Gasteiger charge is 2.36. The van der Waals surface area contributed by atoms with Crippen molar-refractivity contribution in [3.8, 4) is 11.3 Å². The number of imide groups is 1. The summed E-state index contributed by atoms with van der Waals surface area (Å²) >= 11 is 0.705. The third-order valence-electron chi connectivity index (χ3n) is 3.70. The number of aromatic carboxylic acids is 1. The van der Waals surface area contributed by atoms with Crippen molar-refractivity contribution < 1.29 is 33.4 Å². The van der Waals surface area contributed by atoms with Crippen molar-refractivity contribution in [2.75, 3.05) is 13.7 Å². The fourth-order valence-corrected chi connectivity index (χ4v) is 3.14.